The molecule has 1 aromatic heterocycles. The van der Waals surface area contributed by atoms with Crippen molar-refractivity contribution in [3.63, 3.8) is 0 Å². The van der Waals surface area contributed by atoms with Crippen LogP contribution in [0.5, 0.6) is 11.5 Å². The van der Waals surface area contributed by atoms with Gasteiger partial charge in [0.15, 0.2) is 0 Å². The fourth-order valence-electron chi connectivity index (χ4n) is 4.20. The van der Waals surface area contributed by atoms with Gasteiger partial charge in [0.2, 0.25) is 0 Å². The summed E-state index contributed by atoms with van der Waals surface area (Å²) in [6.45, 7) is 9.63. The lowest BCUT2D eigenvalue weighted by molar-refractivity contribution is 0.225. The van der Waals surface area contributed by atoms with Gasteiger partial charge in [-0.25, -0.2) is 4.79 Å². The highest BCUT2D eigenvalue weighted by Gasteiger charge is 2.17. The molecule has 0 spiro atoms. The minimum absolute atomic E-state index is 0.324. The molecule has 3 aromatic rings. The molecule has 31 heavy (non-hydrogen) atoms. The maximum atomic E-state index is 11.7. The Balaban J connectivity index is 1.29. The Bertz CT molecular complexity index is 1100. The summed E-state index contributed by atoms with van der Waals surface area (Å²) in [5.41, 5.74) is 3.39. The number of hydrogen-bond donors (Lipinski definition) is 0. The molecule has 6 nitrogen and oxygen atoms in total. The predicted molar refractivity (Wildman–Crippen MR) is 124 cm³/mol. The van der Waals surface area contributed by atoms with E-state index in [-0.39, 0.29) is 5.63 Å². The minimum Gasteiger partial charge on any atom is -0.497 e. The fraction of sp³-hybridized carbons (Fsp3) is 0.400. The van der Waals surface area contributed by atoms with Crippen molar-refractivity contribution in [2.75, 3.05) is 51.3 Å². The smallest absolute Gasteiger partial charge is 0.336 e. The van der Waals surface area contributed by atoms with Crippen LogP contribution >= 0.6 is 0 Å². The molecule has 0 radical (unpaired) electrons. The van der Waals surface area contributed by atoms with Crippen molar-refractivity contribution in [3.8, 4) is 11.5 Å². The van der Waals surface area contributed by atoms with E-state index >= 15 is 0 Å². The number of methoxy groups -OCH3 is 1. The Hall–Kier alpha value is -2.99. The number of rotatable bonds is 7. The molecule has 2 aromatic carbocycles. The van der Waals surface area contributed by atoms with Crippen LogP contribution < -0.4 is 20.0 Å². The lowest BCUT2D eigenvalue weighted by Gasteiger charge is -2.36. The molecular weight excluding hydrogens is 392 g/mol. The van der Waals surface area contributed by atoms with Gasteiger partial charge < -0.3 is 18.8 Å². The van der Waals surface area contributed by atoms with E-state index in [1.54, 1.807) is 7.11 Å². The van der Waals surface area contributed by atoms with Crippen LogP contribution in [0.2, 0.25) is 0 Å². The van der Waals surface area contributed by atoms with Crippen LogP contribution in [0.25, 0.3) is 11.0 Å². The van der Waals surface area contributed by atoms with Gasteiger partial charge in [-0.3, -0.25) is 4.90 Å². The maximum absolute atomic E-state index is 11.7. The van der Waals surface area contributed by atoms with Crippen LogP contribution in [0.4, 0.5) is 5.69 Å². The number of aryl methyl sites for hydroxylation is 2. The third kappa shape index (κ3) is 5.02. The Morgan fingerprint density at radius 1 is 1.03 bits per heavy atom. The molecular formula is C25H30N2O4. The molecule has 1 saturated heterocycles. The quantitative estimate of drug-likeness (QED) is 0.424. The summed E-state index contributed by atoms with van der Waals surface area (Å²) in [7, 11) is 1.70. The lowest BCUT2D eigenvalue weighted by Crippen LogP contribution is -2.46. The maximum Gasteiger partial charge on any atom is 0.336 e. The highest BCUT2D eigenvalue weighted by Crippen LogP contribution is 2.29. The van der Waals surface area contributed by atoms with E-state index in [2.05, 4.69) is 21.9 Å². The Morgan fingerprint density at radius 2 is 1.84 bits per heavy atom. The monoisotopic (exact) mass is 422 g/mol. The van der Waals surface area contributed by atoms with Crippen molar-refractivity contribution < 1.29 is 13.9 Å². The molecule has 0 saturated carbocycles. The summed E-state index contributed by atoms with van der Waals surface area (Å²) in [4.78, 5) is 16.6. The first-order valence-electron chi connectivity index (χ1n) is 10.8. The number of anilines is 1. The lowest BCUT2D eigenvalue weighted by atomic mass is 10.1. The molecule has 1 aliphatic heterocycles. The second kappa shape index (κ2) is 9.43. The zero-order chi connectivity index (χ0) is 21.8. The van der Waals surface area contributed by atoms with Gasteiger partial charge in [0, 0.05) is 50.5 Å². The molecule has 164 valence electrons. The predicted octanol–water partition coefficient (Wildman–Crippen LogP) is 4.01. The number of fused-ring (bicyclic) bond motifs is 1. The molecule has 0 unspecified atom stereocenters. The third-order valence-electron chi connectivity index (χ3n) is 5.82. The van der Waals surface area contributed by atoms with Gasteiger partial charge in [-0.2, -0.15) is 0 Å². The van der Waals surface area contributed by atoms with Crippen molar-refractivity contribution >= 4 is 16.7 Å². The molecule has 6 heteroatoms. The molecule has 0 atom stereocenters. The second-order valence-corrected chi connectivity index (χ2v) is 8.12. The van der Waals surface area contributed by atoms with Crippen LogP contribution in [0.15, 0.2) is 51.7 Å². The first-order chi connectivity index (χ1) is 15.0. The van der Waals surface area contributed by atoms with Crippen molar-refractivity contribution in [2.24, 2.45) is 0 Å². The van der Waals surface area contributed by atoms with Gasteiger partial charge in [0.1, 0.15) is 17.1 Å². The average molecular weight is 423 g/mol. The number of nitrogens with zero attached hydrogens (tertiary/aromatic N) is 2. The van der Waals surface area contributed by atoms with Gasteiger partial charge in [-0.05, 0) is 55.7 Å². The number of piperazine rings is 1. The normalized spacial score (nSPS) is 14.7. The van der Waals surface area contributed by atoms with Crippen LogP contribution in [0, 0.1) is 13.8 Å². The standard InChI is InChI=1S/C25H30N2O4/c1-18-14-22(25-19(2)16-24(28)31-23(25)15-18)30-13-5-8-26-9-11-27(12-10-26)20-6-4-7-21(17-20)29-3/h4,6-7,14-17H,5,8-13H2,1-3H3. The number of hydrogen-bond acceptors (Lipinski definition) is 6. The number of ether oxygens (including phenoxy) is 2. The van der Waals surface area contributed by atoms with Gasteiger partial charge in [0.05, 0.1) is 19.1 Å². The van der Waals surface area contributed by atoms with Crippen molar-refractivity contribution in [1.82, 2.24) is 4.90 Å². The summed E-state index contributed by atoms with van der Waals surface area (Å²) in [6, 6.07) is 13.7. The Kier molecular flexibility index (Phi) is 6.47. The average Bonchev–Trinajstić information content (AvgIpc) is 2.76. The SMILES string of the molecule is COc1cccc(N2CCN(CCCOc3cc(C)cc4oc(=O)cc(C)c34)CC2)c1. The topological polar surface area (TPSA) is 55.1 Å². The molecule has 0 N–H and O–H groups in total. The van der Waals surface area contributed by atoms with Crippen LogP contribution in [0.1, 0.15) is 17.5 Å². The van der Waals surface area contributed by atoms with E-state index in [9.17, 15) is 4.79 Å². The molecule has 4 rings (SSSR count). The first kappa shape index (κ1) is 21.2. The van der Waals surface area contributed by atoms with Crippen LogP contribution in [0.3, 0.4) is 0 Å². The largest absolute Gasteiger partial charge is 0.497 e. The van der Waals surface area contributed by atoms with Crippen LogP contribution in [-0.2, 0) is 0 Å². The van der Waals surface area contributed by atoms with Gasteiger partial charge in [0.25, 0.3) is 0 Å². The summed E-state index contributed by atoms with van der Waals surface area (Å²) < 4.78 is 16.8. The Morgan fingerprint density at radius 3 is 2.61 bits per heavy atom. The Labute approximate surface area is 183 Å². The van der Waals surface area contributed by atoms with Crippen molar-refractivity contribution in [3.05, 3.63) is 64.0 Å². The molecule has 0 bridgehead atoms. The molecule has 1 fully saturated rings. The second-order valence-electron chi connectivity index (χ2n) is 8.12. The fourth-order valence-corrected chi connectivity index (χ4v) is 4.20. The van der Waals surface area contributed by atoms with Crippen molar-refractivity contribution in [1.29, 1.82) is 0 Å². The highest BCUT2D eigenvalue weighted by molar-refractivity contribution is 5.87. The van der Waals surface area contributed by atoms with E-state index < -0.39 is 0 Å². The van der Waals surface area contributed by atoms with E-state index in [4.69, 9.17) is 13.9 Å². The highest BCUT2D eigenvalue weighted by atomic mass is 16.5. The third-order valence-corrected chi connectivity index (χ3v) is 5.82. The summed E-state index contributed by atoms with van der Waals surface area (Å²) in [5, 5.41) is 0.886. The van der Waals surface area contributed by atoms with E-state index in [0.717, 1.165) is 67.2 Å². The number of benzene rings is 2. The van der Waals surface area contributed by atoms with Crippen molar-refractivity contribution in [2.45, 2.75) is 20.3 Å². The van der Waals surface area contributed by atoms with E-state index in [0.29, 0.717) is 12.2 Å². The summed E-state index contributed by atoms with van der Waals surface area (Å²) >= 11 is 0. The van der Waals surface area contributed by atoms with E-state index in [1.807, 2.05) is 38.1 Å². The molecule has 0 aliphatic carbocycles. The molecule has 2 heterocycles. The van der Waals surface area contributed by atoms with Crippen LogP contribution in [-0.4, -0.2) is 51.3 Å². The summed E-state index contributed by atoms with van der Waals surface area (Å²) in [5.74, 6) is 1.69. The minimum atomic E-state index is -0.324. The summed E-state index contributed by atoms with van der Waals surface area (Å²) in [6.07, 6.45) is 0.949. The van der Waals surface area contributed by atoms with Gasteiger partial charge in [-0.15, -0.1) is 0 Å². The zero-order valence-electron chi connectivity index (χ0n) is 18.5. The first-order valence-corrected chi connectivity index (χ1v) is 10.8. The zero-order valence-corrected chi connectivity index (χ0v) is 18.5. The van der Waals surface area contributed by atoms with Gasteiger partial charge in [-0.1, -0.05) is 6.07 Å². The molecule has 0 amide bonds. The molecule has 1 aliphatic rings. The van der Waals surface area contributed by atoms with Gasteiger partial charge >= 0.3 is 5.63 Å². The van der Waals surface area contributed by atoms with E-state index in [1.165, 1.54) is 11.8 Å².